The molecule has 0 heterocycles. The molecule has 0 aliphatic carbocycles. The maximum Gasteiger partial charge on any atom is 0.472 e. The molecule has 3 N–H and O–H groups in total. The van der Waals surface area contributed by atoms with Crippen molar-refractivity contribution in [3.63, 3.8) is 0 Å². The van der Waals surface area contributed by atoms with Crippen LogP contribution >= 0.6 is 7.82 Å². The summed E-state index contributed by atoms with van der Waals surface area (Å²) in [4.78, 5) is 22.6. The van der Waals surface area contributed by atoms with Crippen molar-refractivity contribution in [1.82, 2.24) is 0 Å². The number of carbonyl (C=O) groups excluding carboxylic acids is 1. The monoisotopic (exact) mass is 906 g/mol. The van der Waals surface area contributed by atoms with Gasteiger partial charge in [-0.15, -0.1) is 0 Å². The number of hydrogen-bond acceptors (Lipinski definition) is 7. The second kappa shape index (κ2) is 50.4. The Bertz CT molecular complexity index is 1480. The van der Waals surface area contributed by atoms with Gasteiger partial charge in [-0.05, 0) is 109 Å². The smallest absolute Gasteiger partial charge is 0.457 e. The summed E-state index contributed by atoms with van der Waals surface area (Å²) in [5.41, 5.74) is 5.38. The summed E-state index contributed by atoms with van der Waals surface area (Å²) in [5.74, 6) is -0.372. The first-order valence-corrected chi connectivity index (χ1v) is 25.8. The Balaban J connectivity index is 4.16. The van der Waals surface area contributed by atoms with Gasteiger partial charge in [0.2, 0.25) is 0 Å². The number of carbonyl (C=O) groups is 1. The Morgan fingerprint density at radius 3 is 1.23 bits per heavy atom. The average Bonchev–Trinajstić information content (AvgIpc) is 3.29. The fraction of sp³-hybridized carbons (Fsp3) is 0.545. The maximum atomic E-state index is 12.6. The van der Waals surface area contributed by atoms with E-state index in [4.69, 9.17) is 24.3 Å². The Morgan fingerprint density at radius 2 is 0.828 bits per heavy atom. The van der Waals surface area contributed by atoms with Crippen LogP contribution in [-0.2, 0) is 27.9 Å². The van der Waals surface area contributed by atoms with Crippen molar-refractivity contribution in [3.05, 3.63) is 146 Å². The van der Waals surface area contributed by atoms with Crippen LogP contribution in [0, 0.1) is 0 Å². The van der Waals surface area contributed by atoms with Gasteiger partial charge in [0.05, 0.1) is 19.8 Å². The zero-order valence-corrected chi connectivity index (χ0v) is 40.8. The SMILES string of the molecule is CC/C=C\C/C=C\C/C=C\C/C=C\C/C=C\C/C=C\CCCCCCCCC(=O)OC(COCCC/C=C\C/C=C\C/C=C\C/C=C\C/C=C\C/C=C\CC)COP(=O)(O)OCCN. The second-order valence-electron chi connectivity index (χ2n) is 15.2. The highest BCUT2D eigenvalue weighted by atomic mass is 31.2. The molecule has 0 saturated heterocycles. The molecular formula is C55H88NO7P. The van der Waals surface area contributed by atoms with E-state index in [1.54, 1.807) is 0 Å². The van der Waals surface area contributed by atoms with Gasteiger partial charge in [-0.1, -0.05) is 185 Å². The van der Waals surface area contributed by atoms with Crippen LogP contribution in [0.3, 0.4) is 0 Å². The minimum Gasteiger partial charge on any atom is -0.457 e. The third-order valence-corrected chi connectivity index (χ3v) is 10.2. The summed E-state index contributed by atoms with van der Waals surface area (Å²) < 4.78 is 33.4. The number of nitrogens with two attached hydrogens (primary N) is 1. The van der Waals surface area contributed by atoms with Gasteiger partial charge in [-0.25, -0.2) is 4.57 Å². The van der Waals surface area contributed by atoms with E-state index in [1.165, 1.54) is 6.42 Å². The molecule has 0 aliphatic rings. The molecule has 0 aromatic heterocycles. The molecule has 0 rings (SSSR count). The molecule has 2 atom stereocenters. The van der Waals surface area contributed by atoms with Gasteiger partial charge in [0.1, 0.15) is 6.10 Å². The summed E-state index contributed by atoms with van der Waals surface area (Å²) in [5, 5.41) is 0. The van der Waals surface area contributed by atoms with Crippen LogP contribution in [0.15, 0.2) is 146 Å². The zero-order valence-electron chi connectivity index (χ0n) is 39.9. The lowest BCUT2D eigenvalue weighted by Gasteiger charge is -2.20. The fourth-order valence-corrected chi connectivity index (χ4v) is 6.54. The Labute approximate surface area is 390 Å². The molecule has 0 aliphatic heterocycles. The number of phosphoric acid groups is 1. The molecule has 2 unspecified atom stereocenters. The van der Waals surface area contributed by atoms with Gasteiger partial charge in [-0.3, -0.25) is 13.8 Å². The van der Waals surface area contributed by atoms with Crippen LogP contribution in [-0.4, -0.2) is 49.9 Å². The lowest BCUT2D eigenvalue weighted by atomic mass is 10.1. The van der Waals surface area contributed by atoms with E-state index in [-0.39, 0.29) is 38.8 Å². The Kier molecular flexibility index (Phi) is 47.5. The molecule has 0 bridgehead atoms. The Hall–Kier alpha value is -3.62. The quantitative estimate of drug-likeness (QED) is 0.0269. The van der Waals surface area contributed by atoms with Gasteiger partial charge in [0, 0.05) is 19.6 Å². The number of rotatable bonds is 44. The molecule has 64 heavy (non-hydrogen) atoms. The van der Waals surface area contributed by atoms with E-state index >= 15 is 0 Å². The lowest BCUT2D eigenvalue weighted by molar-refractivity contribution is -0.154. The van der Waals surface area contributed by atoms with Crippen molar-refractivity contribution in [2.24, 2.45) is 5.73 Å². The first-order valence-electron chi connectivity index (χ1n) is 24.3. The van der Waals surface area contributed by atoms with Crippen LogP contribution in [0.4, 0.5) is 0 Å². The molecule has 0 radical (unpaired) electrons. The van der Waals surface area contributed by atoms with Crippen molar-refractivity contribution in [2.75, 3.05) is 33.0 Å². The standard InChI is InChI=1S/C55H88NO7P/c1-3-5-7-9-11-13-15-17-19-21-23-25-26-27-28-29-30-32-34-36-38-40-42-44-46-48-55(57)63-54(53-62-64(58,59)61-51-49-56)52-60-50-47-45-43-41-39-37-35-33-31-24-22-20-18-16-14-12-10-8-6-4-2/h5-8,11-14,17-20,23-25,27-28,30-32,35,37,41,43,54H,3-4,9-10,15-16,21-22,26,29,33-34,36,38-40,42,44-53,56H2,1-2H3,(H,58,59)/b7-5-,8-6-,13-11-,14-12-,19-17-,20-18-,25-23-,28-27-,31-24-,32-30-,37-35-,43-41-. The molecule has 0 aromatic rings. The number of hydrogen-bond donors (Lipinski definition) is 2. The van der Waals surface area contributed by atoms with Crippen LogP contribution < -0.4 is 5.73 Å². The highest BCUT2D eigenvalue weighted by Gasteiger charge is 2.25. The number of esters is 1. The highest BCUT2D eigenvalue weighted by Crippen LogP contribution is 2.43. The minimum absolute atomic E-state index is 0.0587. The normalized spacial score (nSPS) is 14.6. The molecule has 360 valence electrons. The van der Waals surface area contributed by atoms with Gasteiger partial charge < -0.3 is 20.1 Å². The Morgan fingerprint density at radius 1 is 0.469 bits per heavy atom. The molecule has 0 aromatic carbocycles. The topological polar surface area (TPSA) is 117 Å². The van der Waals surface area contributed by atoms with E-state index in [2.05, 4.69) is 160 Å². The third kappa shape index (κ3) is 49.4. The minimum atomic E-state index is -4.32. The van der Waals surface area contributed by atoms with Crippen molar-refractivity contribution in [3.8, 4) is 0 Å². The largest absolute Gasteiger partial charge is 0.472 e. The zero-order chi connectivity index (χ0) is 46.5. The van der Waals surface area contributed by atoms with Crippen molar-refractivity contribution < 1.29 is 32.8 Å². The van der Waals surface area contributed by atoms with Crippen molar-refractivity contribution in [1.29, 1.82) is 0 Å². The molecule has 9 heteroatoms. The van der Waals surface area contributed by atoms with Crippen LogP contribution in [0.1, 0.15) is 155 Å². The fourth-order valence-electron chi connectivity index (χ4n) is 5.78. The van der Waals surface area contributed by atoms with Gasteiger partial charge in [-0.2, -0.15) is 0 Å². The lowest BCUT2D eigenvalue weighted by Crippen LogP contribution is -2.28. The van der Waals surface area contributed by atoms with E-state index in [0.717, 1.165) is 128 Å². The number of allylic oxidation sites excluding steroid dienone is 24. The van der Waals surface area contributed by atoms with E-state index in [9.17, 15) is 14.3 Å². The third-order valence-electron chi connectivity index (χ3n) is 9.25. The van der Waals surface area contributed by atoms with Gasteiger partial charge in [0.25, 0.3) is 0 Å². The summed E-state index contributed by atoms with van der Waals surface area (Å²) in [6, 6.07) is 0. The van der Waals surface area contributed by atoms with Crippen molar-refractivity contribution in [2.45, 2.75) is 161 Å². The molecule has 0 spiro atoms. The second-order valence-corrected chi connectivity index (χ2v) is 16.7. The first kappa shape index (κ1) is 60.4. The number of unbranched alkanes of at least 4 members (excludes halogenated alkanes) is 7. The molecule has 0 fully saturated rings. The number of ether oxygens (including phenoxy) is 2. The van der Waals surface area contributed by atoms with E-state index in [1.807, 2.05) is 0 Å². The highest BCUT2D eigenvalue weighted by molar-refractivity contribution is 7.47. The summed E-state index contributed by atoms with van der Waals surface area (Å²) in [6.07, 6.45) is 73.1. The van der Waals surface area contributed by atoms with Crippen LogP contribution in [0.25, 0.3) is 0 Å². The predicted molar refractivity (Wildman–Crippen MR) is 274 cm³/mol. The average molecular weight is 906 g/mol. The molecule has 0 saturated carbocycles. The summed E-state index contributed by atoms with van der Waals surface area (Å²) in [6.45, 7) is 4.47. The van der Waals surface area contributed by atoms with Crippen LogP contribution in [0.5, 0.6) is 0 Å². The number of phosphoric ester groups is 1. The van der Waals surface area contributed by atoms with Crippen molar-refractivity contribution >= 4 is 13.8 Å². The van der Waals surface area contributed by atoms with Gasteiger partial charge in [0.15, 0.2) is 0 Å². The predicted octanol–water partition coefficient (Wildman–Crippen LogP) is 15.3. The van der Waals surface area contributed by atoms with Crippen LogP contribution in [0.2, 0.25) is 0 Å². The molecule has 0 amide bonds. The summed E-state index contributed by atoms with van der Waals surface area (Å²) >= 11 is 0. The molecule has 8 nitrogen and oxygen atoms in total. The van der Waals surface area contributed by atoms with E-state index in [0.29, 0.717) is 6.61 Å². The van der Waals surface area contributed by atoms with E-state index < -0.39 is 13.9 Å². The van der Waals surface area contributed by atoms with Gasteiger partial charge >= 0.3 is 13.8 Å². The maximum absolute atomic E-state index is 12.6. The first-order chi connectivity index (χ1) is 31.4. The summed E-state index contributed by atoms with van der Waals surface area (Å²) in [7, 11) is -4.32. The molecular weight excluding hydrogens is 818 g/mol.